The summed E-state index contributed by atoms with van der Waals surface area (Å²) < 4.78 is 43.3. The summed E-state index contributed by atoms with van der Waals surface area (Å²) in [4.78, 5) is 0. The summed E-state index contributed by atoms with van der Waals surface area (Å²) in [5.41, 5.74) is 0.147. The third-order valence-corrected chi connectivity index (χ3v) is 3.77. The number of aliphatic hydroxyl groups is 1. The second-order valence-corrected chi connectivity index (χ2v) is 5.26. The largest absolute Gasteiger partial charge is 0.497 e. The molecule has 0 aliphatic carbocycles. The number of aliphatic hydroxyl groups excluding tert-OH is 1. The molecule has 0 radical (unpaired) electrons. The minimum atomic E-state index is -4.39. The van der Waals surface area contributed by atoms with Crippen LogP contribution in [0.2, 0.25) is 0 Å². The molecule has 6 heteroatoms. The van der Waals surface area contributed by atoms with Gasteiger partial charge in [0, 0.05) is 10.0 Å². The van der Waals surface area contributed by atoms with Gasteiger partial charge in [-0.15, -0.1) is 0 Å². The Kier molecular flexibility index (Phi) is 4.58. The van der Waals surface area contributed by atoms with E-state index >= 15 is 0 Å². The molecule has 0 heterocycles. The lowest BCUT2D eigenvalue weighted by Gasteiger charge is -2.15. The highest BCUT2D eigenvalue weighted by atomic mass is 79.9. The molecule has 0 saturated carbocycles. The number of methoxy groups -OCH3 is 1. The van der Waals surface area contributed by atoms with Gasteiger partial charge in [0.2, 0.25) is 0 Å². The van der Waals surface area contributed by atoms with Crippen LogP contribution in [-0.2, 0) is 6.18 Å². The van der Waals surface area contributed by atoms with Gasteiger partial charge in [-0.2, -0.15) is 13.2 Å². The van der Waals surface area contributed by atoms with Crippen LogP contribution in [0.25, 0.3) is 0 Å². The molecule has 21 heavy (non-hydrogen) atoms. The van der Waals surface area contributed by atoms with E-state index in [2.05, 4.69) is 15.9 Å². The first-order valence-corrected chi connectivity index (χ1v) is 6.81. The monoisotopic (exact) mass is 360 g/mol. The van der Waals surface area contributed by atoms with E-state index in [1.165, 1.54) is 19.2 Å². The molecular formula is C15H12BrF3O2. The number of hydrogen-bond donors (Lipinski definition) is 1. The highest BCUT2D eigenvalue weighted by Crippen LogP contribution is 2.34. The van der Waals surface area contributed by atoms with Crippen LogP contribution >= 0.6 is 15.9 Å². The van der Waals surface area contributed by atoms with Gasteiger partial charge in [0.1, 0.15) is 11.9 Å². The summed E-state index contributed by atoms with van der Waals surface area (Å²) in [7, 11) is 1.50. The molecule has 0 fully saturated rings. The van der Waals surface area contributed by atoms with Crippen molar-refractivity contribution in [3.8, 4) is 5.75 Å². The second-order valence-electron chi connectivity index (χ2n) is 4.41. The standard InChI is InChI=1S/C15H12BrF3O2/c1-21-11-6-7-13(16)12(8-11)14(20)9-2-4-10(5-3-9)15(17,18)19/h2-8,14,20H,1H3. The fourth-order valence-corrected chi connectivity index (χ4v) is 2.36. The van der Waals surface area contributed by atoms with E-state index in [9.17, 15) is 18.3 Å². The Bertz CT molecular complexity index is 624. The molecule has 1 unspecified atom stereocenters. The Labute approximate surface area is 128 Å². The summed E-state index contributed by atoms with van der Waals surface area (Å²) in [5, 5.41) is 10.3. The first-order chi connectivity index (χ1) is 9.82. The van der Waals surface area contributed by atoms with Crippen LogP contribution in [-0.4, -0.2) is 12.2 Å². The zero-order valence-electron chi connectivity index (χ0n) is 11.0. The fourth-order valence-electron chi connectivity index (χ4n) is 1.89. The zero-order valence-corrected chi connectivity index (χ0v) is 12.6. The van der Waals surface area contributed by atoms with Crippen molar-refractivity contribution in [3.05, 3.63) is 63.6 Å². The van der Waals surface area contributed by atoms with Crippen LogP contribution in [0, 0.1) is 0 Å². The van der Waals surface area contributed by atoms with Gasteiger partial charge in [0.15, 0.2) is 0 Å². The van der Waals surface area contributed by atoms with E-state index in [-0.39, 0.29) is 0 Å². The molecule has 0 aromatic heterocycles. The molecule has 0 bridgehead atoms. The predicted octanol–water partition coefficient (Wildman–Crippen LogP) is 4.56. The summed E-state index contributed by atoms with van der Waals surface area (Å²) in [6.07, 6.45) is -5.43. The molecule has 112 valence electrons. The van der Waals surface area contributed by atoms with Gasteiger partial charge < -0.3 is 9.84 Å². The van der Waals surface area contributed by atoms with Crippen LogP contribution in [0.5, 0.6) is 5.75 Å². The number of alkyl halides is 3. The van der Waals surface area contributed by atoms with Crippen molar-refractivity contribution in [3.63, 3.8) is 0 Å². The van der Waals surface area contributed by atoms with Gasteiger partial charge in [0.05, 0.1) is 12.7 Å². The molecule has 0 aliphatic heterocycles. The van der Waals surface area contributed by atoms with Crippen molar-refractivity contribution in [2.75, 3.05) is 7.11 Å². The number of ether oxygens (including phenoxy) is 1. The number of hydrogen-bond acceptors (Lipinski definition) is 2. The van der Waals surface area contributed by atoms with Crippen LogP contribution in [0.15, 0.2) is 46.9 Å². The molecule has 2 nitrogen and oxygen atoms in total. The maximum Gasteiger partial charge on any atom is 0.416 e. The Balaban J connectivity index is 2.34. The Morgan fingerprint density at radius 2 is 1.71 bits per heavy atom. The van der Waals surface area contributed by atoms with E-state index in [1.807, 2.05) is 0 Å². The third kappa shape index (κ3) is 3.57. The van der Waals surface area contributed by atoms with E-state index in [1.54, 1.807) is 18.2 Å². The Hall–Kier alpha value is -1.53. The Morgan fingerprint density at radius 3 is 2.24 bits per heavy atom. The smallest absolute Gasteiger partial charge is 0.416 e. The van der Waals surface area contributed by atoms with Gasteiger partial charge in [-0.3, -0.25) is 0 Å². The first kappa shape index (κ1) is 15.9. The van der Waals surface area contributed by atoms with Crippen LogP contribution in [0.1, 0.15) is 22.8 Å². The number of benzene rings is 2. The minimum Gasteiger partial charge on any atom is -0.497 e. The lowest BCUT2D eigenvalue weighted by Crippen LogP contribution is -2.06. The summed E-state index contributed by atoms with van der Waals surface area (Å²) in [6.45, 7) is 0. The summed E-state index contributed by atoms with van der Waals surface area (Å²) in [6, 6.07) is 9.49. The predicted molar refractivity (Wildman–Crippen MR) is 76.2 cm³/mol. The third-order valence-electron chi connectivity index (χ3n) is 3.05. The van der Waals surface area contributed by atoms with Gasteiger partial charge in [-0.1, -0.05) is 28.1 Å². The molecule has 0 spiro atoms. The second kappa shape index (κ2) is 6.07. The van der Waals surface area contributed by atoms with Gasteiger partial charge in [-0.25, -0.2) is 0 Å². The first-order valence-electron chi connectivity index (χ1n) is 6.01. The van der Waals surface area contributed by atoms with Crippen LogP contribution in [0.3, 0.4) is 0 Å². The topological polar surface area (TPSA) is 29.5 Å². The average Bonchev–Trinajstić information content (AvgIpc) is 2.46. The summed E-state index contributed by atoms with van der Waals surface area (Å²) >= 11 is 3.31. The van der Waals surface area contributed by atoms with Crippen LogP contribution in [0.4, 0.5) is 13.2 Å². The lowest BCUT2D eigenvalue weighted by molar-refractivity contribution is -0.137. The molecule has 0 saturated heterocycles. The normalized spacial score (nSPS) is 13.0. The molecule has 1 atom stereocenters. The fraction of sp³-hybridized carbons (Fsp3) is 0.200. The molecule has 0 amide bonds. The quantitative estimate of drug-likeness (QED) is 0.869. The van der Waals surface area contributed by atoms with Crippen molar-refractivity contribution < 1.29 is 23.0 Å². The lowest BCUT2D eigenvalue weighted by atomic mass is 10.00. The minimum absolute atomic E-state index is 0.372. The highest BCUT2D eigenvalue weighted by molar-refractivity contribution is 9.10. The number of halogens is 4. The van der Waals surface area contributed by atoms with E-state index in [0.717, 1.165) is 12.1 Å². The Morgan fingerprint density at radius 1 is 1.10 bits per heavy atom. The van der Waals surface area contributed by atoms with Gasteiger partial charge in [-0.05, 0) is 35.9 Å². The maximum absolute atomic E-state index is 12.5. The molecule has 2 aromatic carbocycles. The van der Waals surface area contributed by atoms with Crippen molar-refractivity contribution >= 4 is 15.9 Å². The van der Waals surface area contributed by atoms with E-state index < -0.39 is 17.8 Å². The van der Waals surface area contributed by atoms with Gasteiger partial charge >= 0.3 is 6.18 Å². The van der Waals surface area contributed by atoms with Crippen molar-refractivity contribution in [1.29, 1.82) is 0 Å². The molecule has 1 N–H and O–H groups in total. The molecule has 0 aliphatic rings. The molecule has 2 aromatic rings. The van der Waals surface area contributed by atoms with Crippen LogP contribution < -0.4 is 4.74 Å². The van der Waals surface area contributed by atoms with E-state index in [4.69, 9.17) is 4.74 Å². The molecule has 2 rings (SSSR count). The zero-order chi connectivity index (χ0) is 15.6. The van der Waals surface area contributed by atoms with Crippen molar-refractivity contribution in [2.24, 2.45) is 0 Å². The molecular weight excluding hydrogens is 349 g/mol. The number of rotatable bonds is 3. The maximum atomic E-state index is 12.5. The van der Waals surface area contributed by atoms with Crippen molar-refractivity contribution in [2.45, 2.75) is 12.3 Å². The van der Waals surface area contributed by atoms with Gasteiger partial charge in [0.25, 0.3) is 0 Å². The average molecular weight is 361 g/mol. The highest BCUT2D eigenvalue weighted by Gasteiger charge is 2.30. The summed E-state index contributed by atoms with van der Waals surface area (Å²) in [5.74, 6) is 0.555. The van der Waals surface area contributed by atoms with Crippen molar-refractivity contribution in [1.82, 2.24) is 0 Å². The van der Waals surface area contributed by atoms with E-state index in [0.29, 0.717) is 21.3 Å². The SMILES string of the molecule is COc1ccc(Br)c(C(O)c2ccc(C(F)(F)F)cc2)c1.